The van der Waals surface area contributed by atoms with Crippen LogP contribution < -0.4 is 16.8 Å². The molecule has 7 nitrogen and oxygen atoms in total. The summed E-state index contributed by atoms with van der Waals surface area (Å²) in [6.07, 6.45) is 0. The van der Waals surface area contributed by atoms with E-state index in [1.54, 1.807) is 78.9 Å². The van der Waals surface area contributed by atoms with Crippen LogP contribution in [0.15, 0.2) is 97.3 Å². The lowest BCUT2D eigenvalue weighted by Gasteiger charge is -2.19. The van der Waals surface area contributed by atoms with E-state index in [1.165, 1.54) is 0 Å². The van der Waals surface area contributed by atoms with Gasteiger partial charge >= 0.3 is 19.0 Å². The molecule has 0 aliphatic heterocycles. The minimum Gasteiger partial charge on any atom is -0.407 e. The molecule has 0 spiro atoms. The molecule has 8 heteroatoms. The zero-order chi connectivity index (χ0) is 19.3. The first-order chi connectivity index (χ1) is 13.6. The maximum Gasteiger partial charge on any atom is 0.427 e. The fraction of sp³-hybridized carbons (Fsp3) is 0. The maximum atomic E-state index is 14.6. The lowest BCUT2D eigenvalue weighted by molar-refractivity contribution is 0.518. The van der Waals surface area contributed by atoms with E-state index in [-0.39, 0.29) is 11.2 Å². The molecule has 0 radical (unpaired) electrons. The molecule has 5 aromatic rings. The van der Waals surface area contributed by atoms with Crippen molar-refractivity contribution >= 4 is 34.9 Å². The van der Waals surface area contributed by atoms with Crippen molar-refractivity contribution < 1.29 is 13.4 Å². The van der Waals surface area contributed by atoms with Gasteiger partial charge in [0.25, 0.3) is 0 Å². The van der Waals surface area contributed by atoms with Crippen molar-refractivity contribution in [2.75, 3.05) is 0 Å². The predicted molar refractivity (Wildman–Crippen MR) is 105 cm³/mol. The number of para-hydroxylation sites is 4. The number of hydrogen-bond acceptors (Lipinski definition) is 5. The van der Waals surface area contributed by atoms with Crippen LogP contribution in [0.25, 0.3) is 22.2 Å². The van der Waals surface area contributed by atoms with Crippen molar-refractivity contribution in [1.82, 2.24) is 8.68 Å². The topological polar surface area (TPSA) is 87.4 Å². The number of aromatic nitrogens is 2. The average molecular weight is 392 g/mol. The lowest BCUT2D eigenvalue weighted by atomic mass is 10.3. The number of hydrogen-bond donors (Lipinski definition) is 0. The van der Waals surface area contributed by atoms with E-state index < -0.39 is 19.0 Å². The van der Waals surface area contributed by atoms with Gasteiger partial charge in [0.05, 0.1) is 16.3 Å². The second kappa shape index (κ2) is 5.97. The summed E-state index contributed by atoms with van der Waals surface area (Å²) in [7, 11) is -4.03. The normalized spacial score (nSPS) is 12.0. The van der Waals surface area contributed by atoms with E-state index >= 15 is 0 Å². The van der Waals surface area contributed by atoms with E-state index in [0.29, 0.717) is 16.3 Å². The molecule has 0 saturated heterocycles. The number of fused-ring (bicyclic) bond motifs is 2. The van der Waals surface area contributed by atoms with Crippen LogP contribution in [0.4, 0.5) is 0 Å². The van der Waals surface area contributed by atoms with Gasteiger partial charge in [0, 0.05) is 0 Å². The second-order valence-electron chi connectivity index (χ2n) is 6.17. The Labute approximate surface area is 157 Å². The highest BCUT2D eigenvalue weighted by molar-refractivity contribution is 7.69. The predicted octanol–water partition coefficient (Wildman–Crippen LogP) is 3.42. The molecule has 28 heavy (non-hydrogen) atoms. The minimum absolute atomic E-state index is 0.282. The molecule has 0 aliphatic carbocycles. The van der Waals surface area contributed by atoms with Crippen molar-refractivity contribution in [2.24, 2.45) is 0 Å². The SMILES string of the molecule is O=c1oc2ccccc2n1P(=O)(c1ccccc1)n1c(=O)oc2ccccc21. The number of oxazole rings is 2. The monoisotopic (exact) mass is 392 g/mol. The Hall–Kier alpha value is -3.57. The molecule has 2 heterocycles. The van der Waals surface area contributed by atoms with E-state index in [9.17, 15) is 14.2 Å². The summed E-state index contributed by atoms with van der Waals surface area (Å²) in [6, 6.07) is 21.7. The van der Waals surface area contributed by atoms with E-state index in [0.717, 1.165) is 8.68 Å². The standard InChI is InChI=1S/C20H13N2O5P/c23-19-21(15-10-4-6-12-17(15)26-19)28(25,14-8-2-1-3-9-14)22-16-11-5-7-13-18(16)27-20(22)24/h1-13H. The zero-order valence-corrected chi connectivity index (χ0v) is 15.3. The largest absolute Gasteiger partial charge is 0.427 e. The Bertz CT molecular complexity index is 1400. The molecule has 2 aromatic heterocycles. The third-order valence-electron chi connectivity index (χ3n) is 4.56. The highest BCUT2D eigenvalue weighted by Crippen LogP contribution is 2.49. The van der Waals surface area contributed by atoms with Gasteiger partial charge < -0.3 is 8.83 Å². The maximum absolute atomic E-state index is 14.6. The molecule has 0 N–H and O–H groups in total. The Kier molecular flexibility index (Phi) is 3.54. The number of nitrogens with zero attached hydrogens (tertiary/aromatic N) is 2. The molecule has 0 aliphatic rings. The van der Waals surface area contributed by atoms with Crippen molar-refractivity contribution in [3.8, 4) is 0 Å². The Morgan fingerprint density at radius 2 is 1.04 bits per heavy atom. The van der Waals surface area contributed by atoms with Gasteiger partial charge in [-0.2, -0.15) is 0 Å². The van der Waals surface area contributed by atoms with Crippen LogP contribution in [0.1, 0.15) is 0 Å². The second-order valence-corrected chi connectivity index (χ2v) is 8.58. The summed E-state index contributed by atoms with van der Waals surface area (Å²) in [6.45, 7) is 0. The van der Waals surface area contributed by atoms with Gasteiger partial charge in [0.1, 0.15) is 0 Å². The molecule has 0 saturated carbocycles. The van der Waals surface area contributed by atoms with Gasteiger partial charge in [0.2, 0.25) is 0 Å². The highest BCUT2D eigenvalue weighted by Gasteiger charge is 2.37. The number of benzene rings is 3. The van der Waals surface area contributed by atoms with Crippen LogP contribution in [-0.4, -0.2) is 8.68 Å². The quantitative estimate of drug-likeness (QED) is 0.439. The fourth-order valence-corrected chi connectivity index (χ4v) is 6.00. The van der Waals surface area contributed by atoms with Crippen LogP contribution in [-0.2, 0) is 4.57 Å². The zero-order valence-electron chi connectivity index (χ0n) is 14.4. The number of rotatable bonds is 3. The lowest BCUT2D eigenvalue weighted by Crippen LogP contribution is -2.29. The van der Waals surface area contributed by atoms with Crippen molar-refractivity contribution in [3.63, 3.8) is 0 Å². The smallest absolute Gasteiger partial charge is 0.407 e. The molecule has 0 fully saturated rings. The third-order valence-corrected chi connectivity index (χ3v) is 7.37. The minimum atomic E-state index is -4.03. The van der Waals surface area contributed by atoms with Crippen molar-refractivity contribution in [2.45, 2.75) is 0 Å². The first-order valence-corrected chi connectivity index (χ1v) is 10.1. The van der Waals surface area contributed by atoms with Gasteiger partial charge in [-0.3, -0.25) is 4.57 Å². The Morgan fingerprint density at radius 1 is 0.607 bits per heavy atom. The van der Waals surface area contributed by atoms with Crippen molar-refractivity contribution in [1.29, 1.82) is 0 Å². The molecule has 0 bridgehead atoms. The molecular weight excluding hydrogens is 379 g/mol. The van der Waals surface area contributed by atoms with E-state index in [4.69, 9.17) is 8.83 Å². The summed E-state index contributed by atoms with van der Waals surface area (Å²) in [5.41, 5.74) is 1.22. The van der Waals surface area contributed by atoms with Crippen LogP contribution in [0.2, 0.25) is 0 Å². The summed E-state index contributed by atoms with van der Waals surface area (Å²) >= 11 is 0. The summed E-state index contributed by atoms with van der Waals surface area (Å²) in [5.74, 6) is -1.63. The van der Waals surface area contributed by atoms with Crippen LogP contribution >= 0.6 is 7.44 Å². The van der Waals surface area contributed by atoms with Gasteiger partial charge in [0.15, 0.2) is 11.2 Å². The molecule has 5 rings (SSSR count). The highest BCUT2D eigenvalue weighted by atomic mass is 31.2. The average Bonchev–Trinajstić information content (AvgIpc) is 3.24. The molecule has 138 valence electrons. The molecule has 0 atom stereocenters. The van der Waals surface area contributed by atoms with Crippen LogP contribution in [0.5, 0.6) is 0 Å². The van der Waals surface area contributed by atoms with Crippen LogP contribution in [0, 0.1) is 0 Å². The Morgan fingerprint density at radius 3 is 1.54 bits per heavy atom. The van der Waals surface area contributed by atoms with Gasteiger partial charge in [-0.05, 0) is 36.4 Å². The van der Waals surface area contributed by atoms with Gasteiger partial charge in [-0.1, -0.05) is 42.5 Å². The first kappa shape index (κ1) is 16.6. The first-order valence-electron chi connectivity index (χ1n) is 8.49. The Balaban J connectivity index is 2.00. The van der Waals surface area contributed by atoms with Gasteiger partial charge in [-0.15, -0.1) is 0 Å². The molecule has 3 aromatic carbocycles. The summed E-state index contributed by atoms with van der Waals surface area (Å²) in [5, 5.41) is 0.303. The van der Waals surface area contributed by atoms with E-state index in [1.807, 2.05) is 0 Å². The van der Waals surface area contributed by atoms with Gasteiger partial charge in [-0.25, -0.2) is 18.3 Å². The van der Waals surface area contributed by atoms with Crippen LogP contribution in [0.3, 0.4) is 0 Å². The van der Waals surface area contributed by atoms with E-state index in [2.05, 4.69) is 0 Å². The molecule has 0 unspecified atom stereocenters. The molecular formula is C20H13N2O5P. The third kappa shape index (κ3) is 2.20. The fourth-order valence-electron chi connectivity index (χ4n) is 3.36. The summed E-state index contributed by atoms with van der Waals surface area (Å²) < 4.78 is 27.3. The molecule has 0 amide bonds. The summed E-state index contributed by atoms with van der Waals surface area (Å²) in [4.78, 5) is 25.6. The van der Waals surface area contributed by atoms with Crippen molar-refractivity contribution in [3.05, 3.63) is 100.0 Å².